The summed E-state index contributed by atoms with van der Waals surface area (Å²) in [5.41, 5.74) is 0.570. The van der Waals surface area contributed by atoms with Crippen LogP contribution in [0.2, 0.25) is 0 Å². The van der Waals surface area contributed by atoms with Gasteiger partial charge in [-0.15, -0.1) is 0 Å². The molecule has 6 atom stereocenters. The minimum absolute atomic E-state index is 0.00889. The van der Waals surface area contributed by atoms with Crippen molar-refractivity contribution < 1.29 is 18.8 Å². The topological polar surface area (TPSA) is 66.5 Å². The number of benzene rings is 1. The Kier molecular flexibility index (Phi) is 6.11. The smallest absolute Gasteiger partial charge is 0.233 e. The van der Waals surface area contributed by atoms with Crippen LogP contribution in [-0.2, 0) is 14.4 Å². The molecule has 0 spiro atoms. The van der Waals surface area contributed by atoms with Gasteiger partial charge in [0.1, 0.15) is 5.82 Å². The van der Waals surface area contributed by atoms with Crippen molar-refractivity contribution in [1.29, 1.82) is 0 Å². The van der Waals surface area contributed by atoms with Crippen LogP contribution in [0.5, 0.6) is 0 Å². The maximum absolute atomic E-state index is 12.9. The molecule has 1 aromatic rings. The first-order valence-corrected chi connectivity index (χ1v) is 11.9. The van der Waals surface area contributed by atoms with Crippen molar-refractivity contribution in [2.75, 3.05) is 11.9 Å². The van der Waals surface area contributed by atoms with E-state index in [-0.39, 0.29) is 56.9 Å². The standard InChI is InChI=1S/C21H23Br2FN2O3/c22-18-13-10-14(19(18)23)17-16(13)20(28)26(21(17)29)9-3-1-2-4-15(27)25-12-7-5-11(24)6-8-12/h5-8,13-14,16-19H,1-4,9-10H2,(H,25,27)/t13-,14+,16-,17+,18-,19+. The van der Waals surface area contributed by atoms with Crippen LogP contribution >= 0.6 is 31.9 Å². The number of nitrogens with zero attached hydrogens (tertiary/aromatic N) is 1. The van der Waals surface area contributed by atoms with Gasteiger partial charge in [0.05, 0.1) is 11.8 Å². The van der Waals surface area contributed by atoms with Gasteiger partial charge in [0.15, 0.2) is 0 Å². The normalized spacial score (nSPS) is 32.7. The molecular weight excluding hydrogens is 507 g/mol. The summed E-state index contributed by atoms with van der Waals surface area (Å²) in [5.74, 6) is -0.320. The Hall–Kier alpha value is -1.28. The lowest BCUT2D eigenvalue weighted by molar-refractivity contribution is -0.140. The number of halogens is 3. The van der Waals surface area contributed by atoms with Crippen molar-refractivity contribution >= 4 is 55.3 Å². The van der Waals surface area contributed by atoms with Crippen LogP contribution in [0.15, 0.2) is 24.3 Å². The maximum Gasteiger partial charge on any atom is 0.233 e. The molecule has 0 unspecified atom stereocenters. The number of nitrogens with one attached hydrogen (secondary N) is 1. The van der Waals surface area contributed by atoms with Crippen LogP contribution < -0.4 is 5.32 Å². The average molecular weight is 530 g/mol. The van der Waals surface area contributed by atoms with Crippen molar-refractivity contribution in [2.45, 2.75) is 41.8 Å². The zero-order chi connectivity index (χ0) is 20.7. The maximum atomic E-state index is 12.9. The first-order valence-electron chi connectivity index (χ1n) is 10.1. The minimum atomic E-state index is -0.343. The Labute approximate surface area is 186 Å². The monoisotopic (exact) mass is 528 g/mol. The first-order chi connectivity index (χ1) is 13.9. The van der Waals surface area contributed by atoms with E-state index in [0.29, 0.717) is 31.5 Å². The highest BCUT2D eigenvalue weighted by atomic mass is 79.9. The highest BCUT2D eigenvalue weighted by Gasteiger charge is 2.66. The molecule has 1 N–H and O–H groups in total. The number of hydrogen-bond acceptors (Lipinski definition) is 3. The number of hydrogen-bond donors (Lipinski definition) is 1. The van der Waals surface area contributed by atoms with Gasteiger partial charge in [-0.05, 0) is 55.4 Å². The minimum Gasteiger partial charge on any atom is -0.326 e. The molecule has 5 nitrogen and oxygen atoms in total. The Morgan fingerprint density at radius 2 is 1.59 bits per heavy atom. The Morgan fingerprint density at radius 3 is 2.17 bits per heavy atom. The molecule has 0 aromatic heterocycles. The van der Waals surface area contributed by atoms with Crippen molar-refractivity contribution in [3.63, 3.8) is 0 Å². The molecule has 29 heavy (non-hydrogen) atoms. The lowest BCUT2D eigenvalue weighted by atomic mass is 9.81. The van der Waals surface area contributed by atoms with E-state index in [9.17, 15) is 18.8 Å². The van der Waals surface area contributed by atoms with Crippen LogP contribution in [-0.4, -0.2) is 38.8 Å². The number of alkyl halides is 2. The Bertz CT molecular complexity index is 787. The van der Waals surface area contributed by atoms with Crippen molar-refractivity contribution in [2.24, 2.45) is 23.7 Å². The largest absolute Gasteiger partial charge is 0.326 e. The van der Waals surface area contributed by atoms with E-state index in [1.165, 1.54) is 29.2 Å². The second kappa shape index (κ2) is 8.46. The van der Waals surface area contributed by atoms with E-state index in [2.05, 4.69) is 37.2 Å². The number of anilines is 1. The molecule has 2 aliphatic carbocycles. The molecule has 1 saturated heterocycles. The fourth-order valence-electron chi connectivity index (χ4n) is 5.12. The second-order valence-corrected chi connectivity index (χ2v) is 10.3. The van der Waals surface area contributed by atoms with Gasteiger partial charge in [-0.3, -0.25) is 19.3 Å². The van der Waals surface area contributed by atoms with Crippen LogP contribution in [0, 0.1) is 29.5 Å². The van der Waals surface area contributed by atoms with E-state index in [1.807, 2.05) is 0 Å². The number of unbranched alkanes of at least 4 members (excludes halogenated alkanes) is 2. The molecule has 1 aromatic carbocycles. The average Bonchev–Trinajstić information content (AvgIpc) is 3.29. The van der Waals surface area contributed by atoms with Gasteiger partial charge in [0, 0.05) is 28.3 Å². The van der Waals surface area contributed by atoms with Gasteiger partial charge >= 0.3 is 0 Å². The summed E-state index contributed by atoms with van der Waals surface area (Å²) >= 11 is 7.39. The fraction of sp³-hybridized carbons (Fsp3) is 0.571. The number of carbonyl (C=O) groups is 3. The molecular formula is C21H23Br2FN2O3. The molecule has 1 aliphatic heterocycles. The lowest BCUT2D eigenvalue weighted by Gasteiger charge is -2.28. The highest BCUT2D eigenvalue weighted by Crippen LogP contribution is 2.60. The highest BCUT2D eigenvalue weighted by molar-refractivity contribution is 9.12. The van der Waals surface area contributed by atoms with E-state index in [1.54, 1.807) is 0 Å². The summed E-state index contributed by atoms with van der Waals surface area (Å²) in [6, 6.07) is 5.65. The SMILES string of the molecule is O=C(CCCCCN1C(=O)[C@@H]2[C@H]3C[C@H]([C@H](Br)[C@@H]3Br)[C@@H]2C1=O)Nc1ccc(F)cc1. The first kappa shape index (κ1) is 21.0. The molecule has 3 aliphatic rings. The summed E-state index contributed by atoms with van der Waals surface area (Å²) < 4.78 is 12.9. The van der Waals surface area contributed by atoms with E-state index < -0.39 is 0 Å². The number of likely N-dealkylation sites (tertiary alicyclic amines) is 1. The van der Waals surface area contributed by atoms with Gasteiger partial charge in [0.25, 0.3) is 0 Å². The molecule has 4 rings (SSSR count). The zero-order valence-electron chi connectivity index (χ0n) is 15.8. The van der Waals surface area contributed by atoms with Crippen molar-refractivity contribution in [3.05, 3.63) is 30.1 Å². The number of rotatable bonds is 7. The van der Waals surface area contributed by atoms with Crippen molar-refractivity contribution in [1.82, 2.24) is 4.90 Å². The summed E-state index contributed by atoms with van der Waals surface area (Å²) in [6.07, 6.45) is 3.43. The fourth-order valence-corrected chi connectivity index (χ4v) is 6.99. The third kappa shape index (κ3) is 3.90. The number of amides is 3. The molecule has 2 bridgehead atoms. The molecule has 8 heteroatoms. The molecule has 3 fully saturated rings. The predicted octanol–water partition coefficient (Wildman–Crippen LogP) is 4.10. The zero-order valence-corrected chi connectivity index (χ0v) is 19.0. The van der Waals surface area contributed by atoms with Crippen LogP contribution in [0.3, 0.4) is 0 Å². The number of imide groups is 1. The quantitative estimate of drug-likeness (QED) is 0.328. The van der Waals surface area contributed by atoms with Gasteiger partial charge < -0.3 is 5.32 Å². The van der Waals surface area contributed by atoms with Gasteiger partial charge in [-0.25, -0.2) is 4.39 Å². The lowest BCUT2D eigenvalue weighted by Crippen LogP contribution is -2.37. The van der Waals surface area contributed by atoms with Crippen LogP contribution in [0.4, 0.5) is 10.1 Å². The summed E-state index contributed by atoms with van der Waals surface area (Å²) in [4.78, 5) is 39.6. The Balaban J connectivity index is 1.20. The third-order valence-corrected chi connectivity index (χ3v) is 9.70. The summed E-state index contributed by atoms with van der Waals surface area (Å²) in [6.45, 7) is 0.434. The van der Waals surface area contributed by atoms with E-state index in [4.69, 9.17) is 0 Å². The third-order valence-electron chi connectivity index (χ3n) is 6.49. The molecule has 1 heterocycles. The Morgan fingerprint density at radius 1 is 1.00 bits per heavy atom. The van der Waals surface area contributed by atoms with Crippen LogP contribution in [0.1, 0.15) is 32.1 Å². The summed E-state index contributed by atoms with van der Waals surface area (Å²) in [7, 11) is 0. The number of fused-ring (bicyclic) bond motifs is 5. The molecule has 3 amide bonds. The van der Waals surface area contributed by atoms with Gasteiger partial charge in [-0.2, -0.15) is 0 Å². The van der Waals surface area contributed by atoms with Gasteiger partial charge in [-0.1, -0.05) is 38.3 Å². The van der Waals surface area contributed by atoms with Crippen molar-refractivity contribution in [3.8, 4) is 0 Å². The van der Waals surface area contributed by atoms with E-state index >= 15 is 0 Å². The summed E-state index contributed by atoms with van der Waals surface area (Å²) in [5, 5.41) is 2.73. The molecule has 156 valence electrons. The number of carbonyl (C=O) groups excluding carboxylic acids is 3. The molecule has 0 radical (unpaired) electrons. The predicted molar refractivity (Wildman–Crippen MR) is 114 cm³/mol. The van der Waals surface area contributed by atoms with Gasteiger partial charge in [0.2, 0.25) is 17.7 Å². The molecule has 2 saturated carbocycles. The van der Waals surface area contributed by atoms with Crippen LogP contribution in [0.25, 0.3) is 0 Å². The second-order valence-electron chi connectivity index (χ2n) is 8.20. The van der Waals surface area contributed by atoms with E-state index in [0.717, 1.165) is 12.8 Å².